The van der Waals surface area contributed by atoms with Gasteiger partial charge in [-0.2, -0.15) is 0 Å². The molecule has 2 rings (SSSR count). The van der Waals surface area contributed by atoms with Crippen LogP contribution in [0.2, 0.25) is 5.02 Å². The van der Waals surface area contributed by atoms with Gasteiger partial charge >= 0.3 is 0 Å². The molecular weight excluding hydrogens is 357 g/mol. The van der Waals surface area contributed by atoms with Gasteiger partial charge in [0.2, 0.25) is 5.91 Å². The van der Waals surface area contributed by atoms with E-state index in [9.17, 15) is 9.18 Å². The Bertz CT molecular complexity index is 750. The molecule has 0 aliphatic heterocycles. The zero-order valence-corrected chi connectivity index (χ0v) is 16.3. The van der Waals surface area contributed by atoms with E-state index in [1.165, 1.54) is 29.0 Å². The highest BCUT2D eigenvalue weighted by atomic mass is 35.5. The zero-order chi connectivity index (χ0) is 18.4. The fourth-order valence-corrected chi connectivity index (χ4v) is 3.73. The molecule has 1 amide bonds. The minimum atomic E-state index is -0.331. The molecule has 0 radical (unpaired) electrons. The van der Waals surface area contributed by atoms with Gasteiger partial charge in [-0.3, -0.25) is 4.79 Å². The summed E-state index contributed by atoms with van der Waals surface area (Å²) in [4.78, 5) is 12.2. The molecule has 5 heteroatoms. The highest BCUT2D eigenvalue weighted by molar-refractivity contribution is 7.99. The van der Waals surface area contributed by atoms with Crippen LogP contribution in [-0.4, -0.2) is 11.7 Å². The molecule has 2 aromatic carbocycles. The number of nitrogens with one attached hydrogen (secondary N) is 1. The van der Waals surface area contributed by atoms with Gasteiger partial charge in [-0.15, -0.1) is 11.8 Å². The molecule has 0 saturated heterocycles. The first kappa shape index (κ1) is 19.8. The number of hydrogen-bond donors (Lipinski definition) is 1. The van der Waals surface area contributed by atoms with Gasteiger partial charge in [-0.25, -0.2) is 4.39 Å². The second-order valence-electron chi connectivity index (χ2n) is 6.12. The van der Waals surface area contributed by atoms with Gasteiger partial charge in [-0.05, 0) is 49.1 Å². The van der Waals surface area contributed by atoms with Crippen LogP contribution in [0.15, 0.2) is 36.4 Å². The number of hydrogen-bond acceptors (Lipinski definition) is 2. The van der Waals surface area contributed by atoms with Crippen molar-refractivity contribution in [2.45, 2.75) is 39.0 Å². The van der Waals surface area contributed by atoms with E-state index in [0.717, 1.165) is 12.0 Å². The monoisotopic (exact) mass is 379 g/mol. The zero-order valence-electron chi connectivity index (χ0n) is 14.7. The first-order valence-electron chi connectivity index (χ1n) is 8.29. The highest BCUT2D eigenvalue weighted by Gasteiger charge is 2.15. The van der Waals surface area contributed by atoms with Crippen LogP contribution < -0.4 is 5.32 Å². The molecule has 25 heavy (non-hydrogen) atoms. The summed E-state index contributed by atoms with van der Waals surface area (Å²) in [5, 5.41) is 3.46. The number of carbonyl (C=O) groups is 1. The Morgan fingerprint density at radius 2 is 2.00 bits per heavy atom. The molecule has 0 unspecified atom stereocenters. The molecule has 0 heterocycles. The molecule has 0 spiro atoms. The average molecular weight is 380 g/mol. The lowest BCUT2D eigenvalue weighted by atomic mass is 9.97. The smallest absolute Gasteiger partial charge is 0.230 e. The molecule has 1 atom stereocenters. The van der Waals surface area contributed by atoms with E-state index in [0.29, 0.717) is 22.1 Å². The molecule has 0 bridgehead atoms. The van der Waals surface area contributed by atoms with E-state index < -0.39 is 0 Å². The van der Waals surface area contributed by atoms with Crippen LogP contribution in [0.5, 0.6) is 0 Å². The predicted molar refractivity (Wildman–Crippen MR) is 105 cm³/mol. The highest BCUT2D eigenvalue weighted by Crippen LogP contribution is 2.23. The second kappa shape index (κ2) is 9.25. The second-order valence-corrected chi connectivity index (χ2v) is 7.54. The Balaban J connectivity index is 1.89. The molecule has 2 aromatic rings. The molecule has 0 aliphatic rings. The van der Waals surface area contributed by atoms with Crippen molar-refractivity contribution >= 4 is 29.3 Å². The molecular formula is C20H23ClFNOS. The van der Waals surface area contributed by atoms with Crippen LogP contribution in [0.4, 0.5) is 4.39 Å². The van der Waals surface area contributed by atoms with Crippen LogP contribution in [0.1, 0.15) is 41.6 Å². The Labute approximate surface area is 158 Å². The Morgan fingerprint density at radius 1 is 1.24 bits per heavy atom. The summed E-state index contributed by atoms with van der Waals surface area (Å²) in [6.07, 6.45) is 0.826. The minimum Gasteiger partial charge on any atom is -0.349 e. The first-order chi connectivity index (χ1) is 11.9. The molecule has 0 saturated carbocycles. The number of halogens is 2. The summed E-state index contributed by atoms with van der Waals surface area (Å²) in [6, 6.07) is 10.9. The minimum absolute atomic E-state index is 0.000896. The molecule has 0 aromatic heterocycles. The third kappa shape index (κ3) is 5.75. The maximum atomic E-state index is 13.7. The first-order valence-corrected chi connectivity index (χ1v) is 9.82. The van der Waals surface area contributed by atoms with E-state index in [4.69, 9.17) is 11.6 Å². The maximum absolute atomic E-state index is 13.7. The third-order valence-corrected chi connectivity index (χ3v) is 5.27. The Morgan fingerprint density at radius 3 is 2.64 bits per heavy atom. The Hall–Kier alpha value is -1.52. The fourth-order valence-electron chi connectivity index (χ4n) is 2.74. The van der Waals surface area contributed by atoms with Crippen molar-refractivity contribution in [3.05, 3.63) is 69.5 Å². The van der Waals surface area contributed by atoms with Gasteiger partial charge in [0.25, 0.3) is 0 Å². The van der Waals surface area contributed by atoms with Gasteiger partial charge in [0.15, 0.2) is 0 Å². The number of benzene rings is 2. The summed E-state index contributed by atoms with van der Waals surface area (Å²) in [7, 11) is 0. The maximum Gasteiger partial charge on any atom is 0.230 e. The van der Waals surface area contributed by atoms with E-state index >= 15 is 0 Å². The summed E-state index contributed by atoms with van der Waals surface area (Å²) >= 11 is 7.14. The standard InChI is InChI=1S/C20H23ClFNOS/c1-4-19(17-8-5-13(2)9-14(17)3)23-20(24)12-25-11-15-6-7-16(21)10-18(15)22/h5-10,19H,4,11-12H2,1-3H3,(H,23,24)/t19-/m0/s1. The third-order valence-electron chi connectivity index (χ3n) is 4.05. The topological polar surface area (TPSA) is 29.1 Å². The number of amides is 1. The number of thioether (sulfide) groups is 1. The van der Waals surface area contributed by atoms with Crippen molar-refractivity contribution in [2.24, 2.45) is 0 Å². The van der Waals surface area contributed by atoms with Gasteiger partial charge in [0.1, 0.15) is 5.82 Å². The van der Waals surface area contributed by atoms with Crippen LogP contribution in [-0.2, 0) is 10.5 Å². The average Bonchev–Trinajstić information content (AvgIpc) is 2.55. The normalized spacial score (nSPS) is 12.0. The van der Waals surface area contributed by atoms with E-state index in [1.54, 1.807) is 12.1 Å². The van der Waals surface area contributed by atoms with Crippen molar-refractivity contribution in [1.29, 1.82) is 0 Å². The Kier molecular flexibility index (Phi) is 7.33. The molecule has 0 aliphatic carbocycles. The van der Waals surface area contributed by atoms with Crippen molar-refractivity contribution in [2.75, 3.05) is 5.75 Å². The van der Waals surface area contributed by atoms with E-state index in [1.807, 2.05) is 0 Å². The van der Waals surface area contributed by atoms with Gasteiger partial charge < -0.3 is 5.32 Å². The lowest BCUT2D eigenvalue weighted by Crippen LogP contribution is -2.30. The summed E-state index contributed by atoms with van der Waals surface area (Å²) < 4.78 is 13.7. The summed E-state index contributed by atoms with van der Waals surface area (Å²) in [5.74, 6) is 0.369. The van der Waals surface area contributed by atoms with Gasteiger partial charge in [0.05, 0.1) is 11.8 Å². The van der Waals surface area contributed by atoms with Crippen molar-refractivity contribution in [3.63, 3.8) is 0 Å². The molecule has 0 fully saturated rings. The van der Waals surface area contributed by atoms with Gasteiger partial charge in [0, 0.05) is 10.8 Å². The van der Waals surface area contributed by atoms with Crippen LogP contribution >= 0.6 is 23.4 Å². The predicted octanol–water partition coefficient (Wildman–Crippen LogP) is 5.60. The molecule has 2 nitrogen and oxygen atoms in total. The lowest BCUT2D eigenvalue weighted by Gasteiger charge is -2.20. The molecule has 134 valence electrons. The van der Waals surface area contributed by atoms with Crippen molar-refractivity contribution in [1.82, 2.24) is 5.32 Å². The SMILES string of the molecule is CC[C@H](NC(=O)CSCc1ccc(Cl)cc1F)c1ccc(C)cc1C. The van der Waals surface area contributed by atoms with Crippen LogP contribution in [0.25, 0.3) is 0 Å². The van der Waals surface area contributed by atoms with Gasteiger partial charge in [-0.1, -0.05) is 48.4 Å². The number of rotatable bonds is 7. The number of aryl methyl sites for hydroxylation is 2. The van der Waals surface area contributed by atoms with Crippen LogP contribution in [0, 0.1) is 19.7 Å². The van der Waals surface area contributed by atoms with Crippen molar-refractivity contribution < 1.29 is 9.18 Å². The largest absolute Gasteiger partial charge is 0.349 e. The van der Waals surface area contributed by atoms with Crippen molar-refractivity contribution in [3.8, 4) is 0 Å². The van der Waals surface area contributed by atoms with E-state index in [2.05, 4.69) is 44.3 Å². The van der Waals surface area contributed by atoms with E-state index in [-0.39, 0.29) is 17.8 Å². The molecule has 1 N–H and O–H groups in total. The lowest BCUT2D eigenvalue weighted by molar-refractivity contribution is -0.119. The quantitative estimate of drug-likeness (QED) is 0.678. The summed E-state index contributed by atoms with van der Waals surface area (Å²) in [6.45, 7) is 6.18. The fraction of sp³-hybridized carbons (Fsp3) is 0.350. The van der Waals surface area contributed by atoms with Crippen LogP contribution in [0.3, 0.4) is 0 Å². The number of carbonyl (C=O) groups excluding carboxylic acids is 1. The summed E-state index contributed by atoms with van der Waals surface area (Å²) in [5.41, 5.74) is 4.10.